The standard InChI is InChI=1S/C20H21ClN4O3S2/c1-13-8-10-25(11-9-13)30(27,28)16-5-2-14(3-6-16)19(26)23-24-20-22-17-7-4-15(21)12-18(17)29-20/h2-7,12-13H,8-11H2,1H3,(H,22,24)(H,23,26). The van der Waals surface area contributed by atoms with Crippen LogP contribution in [0.2, 0.25) is 5.02 Å². The lowest BCUT2D eigenvalue weighted by molar-refractivity contribution is 0.0962. The Hall–Kier alpha value is -2.20. The Morgan fingerprint density at radius 2 is 1.87 bits per heavy atom. The fraction of sp³-hybridized carbons (Fsp3) is 0.300. The average Bonchev–Trinajstić information content (AvgIpc) is 3.14. The first-order valence-electron chi connectivity index (χ1n) is 9.55. The zero-order chi connectivity index (χ0) is 21.3. The van der Waals surface area contributed by atoms with Crippen molar-refractivity contribution in [1.82, 2.24) is 14.7 Å². The van der Waals surface area contributed by atoms with Crippen molar-refractivity contribution in [3.63, 3.8) is 0 Å². The van der Waals surface area contributed by atoms with Crippen molar-refractivity contribution in [2.24, 2.45) is 5.92 Å². The molecule has 0 spiro atoms. The van der Waals surface area contributed by atoms with Gasteiger partial charge in [-0.05, 0) is 61.2 Å². The molecule has 2 aromatic carbocycles. The molecule has 0 atom stereocenters. The Balaban J connectivity index is 1.41. The number of aromatic nitrogens is 1. The Kier molecular flexibility index (Phi) is 5.97. The fourth-order valence-electron chi connectivity index (χ4n) is 3.29. The maximum Gasteiger partial charge on any atom is 0.269 e. The van der Waals surface area contributed by atoms with E-state index in [0.29, 0.717) is 34.7 Å². The molecule has 0 unspecified atom stereocenters. The van der Waals surface area contributed by atoms with Crippen LogP contribution in [-0.4, -0.2) is 36.7 Å². The van der Waals surface area contributed by atoms with Crippen LogP contribution in [-0.2, 0) is 10.0 Å². The highest BCUT2D eigenvalue weighted by Gasteiger charge is 2.28. The van der Waals surface area contributed by atoms with Crippen LogP contribution < -0.4 is 10.9 Å². The number of hydrazine groups is 1. The number of anilines is 1. The molecule has 1 aliphatic rings. The summed E-state index contributed by atoms with van der Waals surface area (Å²) in [5.74, 6) is 0.158. The SMILES string of the molecule is CC1CCN(S(=O)(=O)c2ccc(C(=O)NNc3nc4ccc(Cl)cc4s3)cc2)CC1. The van der Waals surface area contributed by atoms with E-state index in [9.17, 15) is 13.2 Å². The lowest BCUT2D eigenvalue weighted by Crippen LogP contribution is -2.37. The number of halogens is 1. The molecular weight excluding hydrogens is 444 g/mol. The number of nitrogens with zero attached hydrogens (tertiary/aromatic N) is 2. The number of nitrogens with one attached hydrogen (secondary N) is 2. The third-order valence-electron chi connectivity index (χ3n) is 5.13. The van der Waals surface area contributed by atoms with E-state index < -0.39 is 10.0 Å². The fourth-order valence-corrected chi connectivity index (χ4v) is 5.85. The van der Waals surface area contributed by atoms with Crippen molar-refractivity contribution < 1.29 is 13.2 Å². The van der Waals surface area contributed by atoms with Gasteiger partial charge in [-0.2, -0.15) is 4.31 Å². The quantitative estimate of drug-likeness (QED) is 0.554. The molecular formula is C20H21ClN4O3S2. The van der Waals surface area contributed by atoms with Crippen molar-refractivity contribution in [3.8, 4) is 0 Å². The lowest BCUT2D eigenvalue weighted by Gasteiger charge is -2.29. The molecule has 2 heterocycles. The summed E-state index contributed by atoms with van der Waals surface area (Å²) in [6.45, 7) is 3.20. The summed E-state index contributed by atoms with van der Waals surface area (Å²) in [5.41, 5.74) is 6.50. The molecule has 1 saturated heterocycles. The molecule has 2 N–H and O–H groups in total. The molecule has 0 radical (unpaired) electrons. The predicted molar refractivity (Wildman–Crippen MR) is 119 cm³/mol. The van der Waals surface area contributed by atoms with E-state index in [0.717, 1.165) is 23.1 Å². The largest absolute Gasteiger partial charge is 0.273 e. The van der Waals surface area contributed by atoms with E-state index in [-0.39, 0.29) is 10.8 Å². The zero-order valence-corrected chi connectivity index (χ0v) is 18.6. The first-order valence-corrected chi connectivity index (χ1v) is 12.2. The molecule has 1 aliphatic heterocycles. The van der Waals surface area contributed by atoms with Gasteiger partial charge in [0, 0.05) is 23.7 Å². The number of fused-ring (bicyclic) bond motifs is 1. The minimum atomic E-state index is -3.53. The molecule has 4 rings (SSSR count). The van der Waals surface area contributed by atoms with Gasteiger partial charge in [0.05, 0.1) is 15.1 Å². The number of carbonyl (C=O) groups excluding carboxylic acids is 1. The number of rotatable bonds is 5. The summed E-state index contributed by atoms with van der Waals surface area (Å²) in [7, 11) is -3.53. The minimum Gasteiger partial charge on any atom is -0.273 e. The highest BCUT2D eigenvalue weighted by atomic mass is 35.5. The number of thiazole rings is 1. The van der Waals surface area contributed by atoms with E-state index in [1.54, 1.807) is 6.07 Å². The maximum absolute atomic E-state index is 12.8. The van der Waals surface area contributed by atoms with E-state index in [4.69, 9.17) is 11.6 Å². The van der Waals surface area contributed by atoms with Crippen molar-refractivity contribution >= 4 is 54.2 Å². The number of piperidine rings is 1. The van der Waals surface area contributed by atoms with Gasteiger partial charge in [0.15, 0.2) is 0 Å². The smallest absolute Gasteiger partial charge is 0.269 e. The van der Waals surface area contributed by atoms with Crippen LogP contribution in [0.4, 0.5) is 5.13 Å². The second-order valence-electron chi connectivity index (χ2n) is 7.32. The summed E-state index contributed by atoms with van der Waals surface area (Å²) in [6.07, 6.45) is 1.73. The van der Waals surface area contributed by atoms with Crippen LogP contribution in [0.5, 0.6) is 0 Å². The van der Waals surface area contributed by atoms with Gasteiger partial charge in [-0.15, -0.1) is 0 Å². The second kappa shape index (κ2) is 8.50. The third-order valence-corrected chi connectivity index (χ3v) is 8.21. The third kappa shape index (κ3) is 4.44. The number of hydrogen-bond acceptors (Lipinski definition) is 6. The Morgan fingerprint density at radius 1 is 1.17 bits per heavy atom. The minimum absolute atomic E-state index is 0.199. The van der Waals surface area contributed by atoms with Crippen molar-refractivity contribution in [3.05, 3.63) is 53.1 Å². The van der Waals surface area contributed by atoms with Gasteiger partial charge in [-0.3, -0.25) is 15.6 Å². The van der Waals surface area contributed by atoms with Gasteiger partial charge in [0.25, 0.3) is 5.91 Å². The predicted octanol–water partition coefficient (Wildman–Crippen LogP) is 4.13. The normalized spacial score (nSPS) is 15.9. The summed E-state index contributed by atoms with van der Waals surface area (Å²) >= 11 is 7.34. The average molecular weight is 465 g/mol. The van der Waals surface area contributed by atoms with E-state index in [2.05, 4.69) is 22.8 Å². The number of sulfonamides is 1. The van der Waals surface area contributed by atoms with Gasteiger partial charge < -0.3 is 0 Å². The number of benzene rings is 2. The van der Waals surface area contributed by atoms with E-state index in [1.165, 1.54) is 39.9 Å². The number of hydrogen-bond donors (Lipinski definition) is 2. The molecule has 1 amide bonds. The monoisotopic (exact) mass is 464 g/mol. The van der Waals surface area contributed by atoms with Gasteiger partial charge in [0.1, 0.15) is 0 Å². The Bertz CT molecular complexity index is 1170. The summed E-state index contributed by atoms with van der Waals surface area (Å²) in [6, 6.07) is 11.3. The molecule has 0 aliphatic carbocycles. The van der Waals surface area contributed by atoms with Gasteiger partial charge in [-0.1, -0.05) is 29.9 Å². The Labute approximate surface area is 184 Å². The van der Waals surface area contributed by atoms with Crippen molar-refractivity contribution in [1.29, 1.82) is 0 Å². The van der Waals surface area contributed by atoms with Crippen LogP contribution in [0.25, 0.3) is 10.2 Å². The summed E-state index contributed by atoms with van der Waals surface area (Å²) in [5, 5.41) is 1.15. The van der Waals surface area contributed by atoms with Crippen LogP contribution >= 0.6 is 22.9 Å². The van der Waals surface area contributed by atoms with Crippen LogP contribution in [0.3, 0.4) is 0 Å². The van der Waals surface area contributed by atoms with Crippen LogP contribution in [0.15, 0.2) is 47.4 Å². The highest BCUT2D eigenvalue weighted by Crippen LogP contribution is 2.28. The maximum atomic E-state index is 12.8. The topological polar surface area (TPSA) is 91.4 Å². The zero-order valence-electron chi connectivity index (χ0n) is 16.3. The second-order valence-corrected chi connectivity index (χ2v) is 10.7. The first-order chi connectivity index (χ1) is 14.3. The van der Waals surface area contributed by atoms with Gasteiger partial charge in [0.2, 0.25) is 15.2 Å². The molecule has 7 nitrogen and oxygen atoms in total. The van der Waals surface area contributed by atoms with Crippen molar-refractivity contribution in [2.75, 3.05) is 18.5 Å². The molecule has 30 heavy (non-hydrogen) atoms. The van der Waals surface area contributed by atoms with Gasteiger partial charge >= 0.3 is 0 Å². The molecule has 1 fully saturated rings. The van der Waals surface area contributed by atoms with Gasteiger partial charge in [-0.25, -0.2) is 13.4 Å². The van der Waals surface area contributed by atoms with E-state index in [1.807, 2.05) is 12.1 Å². The number of amides is 1. The first kappa shape index (κ1) is 21.0. The molecule has 3 aromatic rings. The highest BCUT2D eigenvalue weighted by molar-refractivity contribution is 7.89. The molecule has 10 heteroatoms. The number of carbonyl (C=O) groups is 1. The van der Waals surface area contributed by atoms with E-state index >= 15 is 0 Å². The molecule has 1 aromatic heterocycles. The van der Waals surface area contributed by atoms with Crippen molar-refractivity contribution in [2.45, 2.75) is 24.7 Å². The molecule has 158 valence electrons. The van der Waals surface area contributed by atoms with Crippen LogP contribution in [0, 0.1) is 5.92 Å². The Morgan fingerprint density at radius 3 is 2.57 bits per heavy atom. The molecule has 0 saturated carbocycles. The molecule has 0 bridgehead atoms. The van der Waals surface area contributed by atoms with Crippen LogP contribution in [0.1, 0.15) is 30.1 Å². The lowest BCUT2D eigenvalue weighted by atomic mass is 10.0. The summed E-state index contributed by atoms with van der Waals surface area (Å²) < 4.78 is 28.0. The summed E-state index contributed by atoms with van der Waals surface area (Å²) in [4.78, 5) is 17.0.